The third-order valence-corrected chi connectivity index (χ3v) is 3.71. The molecule has 118 valence electrons. The molecule has 8 heteroatoms. The molecule has 0 fully saturated rings. The van der Waals surface area contributed by atoms with E-state index in [-0.39, 0.29) is 24.1 Å². The van der Waals surface area contributed by atoms with Crippen molar-refractivity contribution in [2.75, 3.05) is 13.2 Å². The molecule has 2 aromatic rings. The van der Waals surface area contributed by atoms with E-state index in [2.05, 4.69) is 4.98 Å². The Balaban J connectivity index is 2.36. The summed E-state index contributed by atoms with van der Waals surface area (Å²) in [4.78, 5) is 40.5. The first-order valence-corrected chi connectivity index (χ1v) is 7.75. The second-order valence-corrected chi connectivity index (χ2v) is 5.31. The number of fused-ring (bicyclic) bond motifs is 1. The molecule has 0 aliphatic rings. The van der Waals surface area contributed by atoms with Crippen molar-refractivity contribution in [3.8, 4) is 0 Å². The molecule has 22 heavy (non-hydrogen) atoms. The molecule has 0 spiro atoms. The van der Waals surface area contributed by atoms with Gasteiger partial charge in [0.05, 0.1) is 30.5 Å². The van der Waals surface area contributed by atoms with Crippen LogP contribution in [0.15, 0.2) is 16.5 Å². The monoisotopic (exact) mass is 324 g/mol. The molecule has 0 saturated heterocycles. The summed E-state index contributed by atoms with van der Waals surface area (Å²) in [6, 6.07) is 0. The van der Waals surface area contributed by atoms with E-state index in [1.807, 2.05) is 6.92 Å². The average molecular weight is 324 g/mol. The summed E-state index contributed by atoms with van der Waals surface area (Å²) < 4.78 is 11.0. The van der Waals surface area contributed by atoms with Gasteiger partial charge in [-0.15, -0.1) is 11.3 Å². The normalized spacial score (nSPS) is 10.6. The van der Waals surface area contributed by atoms with Crippen LogP contribution in [0.5, 0.6) is 0 Å². The molecule has 0 unspecified atom stereocenters. The predicted octanol–water partition coefficient (Wildman–Crippen LogP) is 1.59. The lowest BCUT2D eigenvalue weighted by Gasteiger charge is -2.06. The van der Waals surface area contributed by atoms with E-state index < -0.39 is 17.5 Å². The number of ether oxygens (including phenoxy) is 2. The maximum atomic E-state index is 12.4. The fourth-order valence-corrected chi connectivity index (χ4v) is 2.71. The van der Waals surface area contributed by atoms with Crippen LogP contribution in [0.4, 0.5) is 0 Å². The summed E-state index contributed by atoms with van der Waals surface area (Å²) in [7, 11) is 0. The van der Waals surface area contributed by atoms with Crippen molar-refractivity contribution in [3.63, 3.8) is 0 Å². The predicted molar refractivity (Wildman–Crippen MR) is 81.1 cm³/mol. The molecule has 2 heterocycles. The number of aromatic nitrogens is 2. The highest BCUT2D eigenvalue weighted by Gasteiger charge is 2.19. The smallest absolute Gasteiger partial charge is 0.339 e. The van der Waals surface area contributed by atoms with Gasteiger partial charge in [-0.25, -0.2) is 9.78 Å². The Morgan fingerprint density at radius 2 is 2.09 bits per heavy atom. The summed E-state index contributed by atoms with van der Waals surface area (Å²) in [5.41, 5.74) is -0.279. The second kappa shape index (κ2) is 7.17. The highest BCUT2D eigenvalue weighted by atomic mass is 32.1. The van der Waals surface area contributed by atoms with Crippen molar-refractivity contribution in [2.45, 2.75) is 26.8 Å². The van der Waals surface area contributed by atoms with Gasteiger partial charge in [-0.2, -0.15) is 0 Å². The Labute approximate surface area is 130 Å². The molecule has 0 aliphatic heterocycles. The molecular weight excluding hydrogens is 308 g/mol. The number of carbonyl (C=O) groups excluding carboxylic acids is 2. The minimum absolute atomic E-state index is 0.175. The molecule has 2 aromatic heterocycles. The van der Waals surface area contributed by atoms with Gasteiger partial charge in [0.2, 0.25) is 0 Å². The van der Waals surface area contributed by atoms with Crippen LogP contribution in [0, 0.1) is 0 Å². The highest BCUT2D eigenvalue weighted by Crippen LogP contribution is 2.21. The van der Waals surface area contributed by atoms with E-state index >= 15 is 0 Å². The van der Waals surface area contributed by atoms with E-state index in [1.54, 1.807) is 6.92 Å². The topological polar surface area (TPSA) is 87.5 Å². The van der Waals surface area contributed by atoms with Gasteiger partial charge < -0.3 is 9.47 Å². The van der Waals surface area contributed by atoms with Crippen molar-refractivity contribution >= 4 is 33.5 Å². The first-order valence-electron chi connectivity index (χ1n) is 6.87. The van der Waals surface area contributed by atoms with Crippen LogP contribution in [-0.2, 0) is 20.8 Å². The van der Waals surface area contributed by atoms with Crippen LogP contribution in [0.2, 0.25) is 0 Å². The van der Waals surface area contributed by atoms with Gasteiger partial charge in [0.1, 0.15) is 11.4 Å². The Kier molecular flexibility index (Phi) is 5.26. The molecule has 0 atom stereocenters. The first kappa shape index (κ1) is 16.2. The zero-order valence-electron chi connectivity index (χ0n) is 12.3. The number of hydrogen-bond acceptors (Lipinski definition) is 7. The molecule has 0 bridgehead atoms. The molecule has 2 rings (SSSR count). The van der Waals surface area contributed by atoms with Crippen LogP contribution < -0.4 is 5.56 Å². The molecule has 0 aliphatic carbocycles. The number of nitrogens with zero attached hydrogens (tertiary/aromatic N) is 2. The lowest BCUT2D eigenvalue weighted by molar-refractivity contribution is -0.144. The molecule has 7 nitrogen and oxygen atoms in total. The molecule has 0 N–H and O–H groups in total. The number of carbonyl (C=O) groups is 2. The van der Waals surface area contributed by atoms with Crippen molar-refractivity contribution in [1.29, 1.82) is 0 Å². The van der Waals surface area contributed by atoms with Gasteiger partial charge in [-0.1, -0.05) is 6.92 Å². The van der Waals surface area contributed by atoms with E-state index in [4.69, 9.17) is 9.47 Å². The Bertz CT molecular complexity index is 749. The maximum Gasteiger partial charge on any atom is 0.339 e. The second-order valence-electron chi connectivity index (χ2n) is 4.45. The SMILES string of the molecule is CCCOC(=O)Cn1cnc2scc(C(=O)OCC)c2c1=O. The van der Waals surface area contributed by atoms with Gasteiger partial charge in [-0.05, 0) is 13.3 Å². The minimum Gasteiger partial charge on any atom is -0.464 e. The van der Waals surface area contributed by atoms with Crippen molar-refractivity contribution in [3.05, 3.63) is 27.6 Å². The quantitative estimate of drug-likeness (QED) is 0.750. The van der Waals surface area contributed by atoms with E-state index in [9.17, 15) is 14.4 Å². The van der Waals surface area contributed by atoms with Crippen LogP contribution in [0.1, 0.15) is 30.6 Å². The molecule has 0 saturated carbocycles. The number of esters is 2. The Morgan fingerprint density at radius 1 is 1.32 bits per heavy atom. The van der Waals surface area contributed by atoms with Gasteiger partial charge in [0.25, 0.3) is 5.56 Å². The fraction of sp³-hybridized carbons (Fsp3) is 0.429. The van der Waals surface area contributed by atoms with Gasteiger partial charge in [-0.3, -0.25) is 14.2 Å². The molecule has 0 amide bonds. The van der Waals surface area contributed by atoms with E-state index in [0.717, 1.165) is 4.57 Å². The van der Waals surface area contributed by atoms with Crippen molar-refractivity contribution in [2.24, 2.45) is 0 Å². The van der Waals surface area contributed by atoms with Gasteiger partial charge in [0.15, 0.2) is 0 Å². The summed E-state index contributed by atoms with van der Waals surface area (Å²) in [5.74, 6) is -1.09. The number of thiophene rings is 1. The summed E-state index contributed by atoms with van der Waals surface area (Å²) in [6.45, 7) is 3.85. The van der Waals surface area contributed by atoms with Crippen LogP contribution in [0.3, 0.4) is 0 Å². The summed E-state index contributed by atoms with van der Waals surface area (Å²) in [6.07, 6.45) is 1.98. The largest absolute Gasteiger partial charge is 0.464 e. The van der Waals surface area contributed by atoms with Crippen LogP contribution >= 0.6 is 11.3 Å². The third kappa shape index (κ3) is 3.33. The third-order valence-electron chi connectivity index (χ3n) is 2.82. The summed E-state index contributed by atoms with van der Waals surface area (Å²) in [5, 5.41) is 1.71. The highest BCUT2D eigenvalue weighted by molar-refractivity contribution is 7.17. The minimum atomic E-state index is -0.570. The number of rotatable bonds is 6. The first-order chi connectivity index (χ1) is 10.6. The zero-order chi connectivity index (χ0) is 16.1. The van der Waals surface area contributed by atoms with Gasteiger partial charge in [0, 0.05) is 5.38 Å². The maximum absolute atomic E-state index is 12.4. The number of hydrogen-bond donors (Lipinski definition) is 0. The van der Waals surface area contributed by atoms with Gasteiger partial charge >= 0.3 is 11.9 Å². The average Bonchev–Trinajstić information content (AvgIpc) is 2.93. The van der Waals surface area contributed by atoms with Crippen molar-refractivity contribution < 1.29 is 19.1 Å². The fourth-order valence-electron chi connectivity index (χ4n) is 1.84. The summed E-state index contributed by atoms with van der Waals surface area (Å²) >= 11 is 1.18. The lowest BCUT2D eigenvalue weighted by Crippen LogP contribution is -2.26. The van der Waals surface area contributed by atoms with Crippen LogP contribution in [0.25, 0.3) is 10.2 Å². The van der Waals surface area contributed by atoms with Crippen LogP contribution in [-0.4, -0.2) is 34.7 Å². The lowest BCUT2D eigenvalue weighted by atomic mass is 10.2. The van der Waals surface area contributed by atoms with E-state index in [0.29, 0.717) is 17.9 Å². The molecular formula is C14H16N2O5S. The Morgan fingerprint density at radius 3 is 2.77 bits per heavy atom. The Hall–Kier alpha value is -2.22. The van der Waals surface area contributed by atoms with E-state index in [1.165, 1.54) is 23.0 Å². The van der Waals surface area contributed by atoms with Crippen molar-refractivity contribution in [1.82, 2.24) is 9.55 Å². The molecule has 0 aromatic carbocycles. The standard InChI is InChI=1S/C14H16N2O5S/c1-3-5-21-10(17)6-16-8-15-12-11(13(16)18)9(7-22-12)14(19)20-4-2/h7-8H,3-6H2,1-2H3. The zero-order valence-corrected chi connectivity index (χ0v) is 13.1. The molecule has 0 radical (unpaired) electrons.